The van der Waals surface area contributed by atoms with Crippen LogP contribution in [0.1, 0.15) is 18.7 Å². The maximum Gasteiger partial charge on any atom is 0.0956 e. The van der Waals surface area contributed by atoms with Crippen LogP contribution >= 0.6 is 0 Å². The number of aromatic nitrogens is 2. The Hall–Kier alpha value is -0.790. The van der Waals surface area contributed by atoms with Crippen LogP contribution in [0.2, 0.25) is 0 Å². The summed E-state index contributed by atoms with van der Waals surface area (Å²) in [5.41, 5.74) is 1.22. The molecule has 1 atom stereocenters. The van der Waals surface area contributed by atoms with Gasteiger partial charge in [-0.05, 0) is 6.92 Å². The monoisotopic (exact) mass is 94.1 g/mol. The van der Waals surface area contributed by atoms with Crippen molar-refractivity contribution in [1.82, 2.24) is 9.55 Å². The smallest absolute Gasteiger partial charge is 0.0956 e. The van der Waals surface area contributed by atoms with Crippen LogP contribution < -0.4 is 0 Å². The summed E-state index contributed by atoms with van der Waals surface area (Å²) < 4.78 is 2.09. The van der Waals surface area contributed by atoms with Crippen LogP contribution in [0.5, 0.6) is 0 Å². The molecule has 2 bridgehead atoms. The third-order valence-corrected chi connectivity index (χ3v) is 1.50. The molecule has 0 radical (unpaired) electrons. The summed E-state index contributed by atoms with van der Waals surface area (Å²) in [6.45, 7) is 2.14. The molecule has 3 rings (SSSR count). The van der Waals surface area contributed by atoms with E-state index in [9.17, 15) is 0 Å². The van der Waals surface area contributed by atoms with Crippen LogP contribution in [0.4, 0.5) is 0 Å². The summed E-state index contributed by atoms with van der Waals surface area (Å²) in [5.74, 6) is 0. The first-order valence-corrected chi connectivity index (χ1v) is 2.41. The molecule has 2 aliphatic heterocycles. The van der Waals surface area contributed by atoms with Gasteiger partial charge in [0.2, 0.25) is 0 Å². The molecule has 36 valence electrons. The van der Waals surface area contributed by atoms with Gasteiger partial charge >= 0.3 is 0 Å². The molecule has 2 nitrogen and oxygen atoms in total. The predicted molar refractivity (Wildman–Crippen MR) is 26.0 cm³/mol. The molecule has 1 unspecified atom stereocenters. The molecule has 2 aliphatic rings. The Morgan fingerprint density at radius 1 is 1.86 bits per heavy atom. The molecule has 0 saturated carbocycles. The lowest BCUT2D eigenvalue weighted by Gasteiger charge is -2.14. The topological polar surface area (TPSA) is 17.8 Å². The maximum atomic E-state index is 4.05. The molecule has 0 N–H and O–H groups in total. The molecular weight excluding hydrogens is 88.1 g/mol. The Balaban J connectivity index is 2.69. The molecule has 0 aliphatic carbocycles. The second-order valence-corrected chi connectivity index (χ2v) is 1.92. The average molecular weight is 94.1 g/mol. The van der Waals surface area contributed by atoms with Gasteiger partial charge in [-0.2, -0.15) is 0 Å². The van der Waals surface area contributed by atoms with Crippen LogP contribution in [0.15, 0.2) is 12.5 Å². The van der Waals surface area contributed by atoms with Gasteiger partial charge in [0.15, 0.2) is 0 Å². The number of rotatable bonds is 0. The fourth-order valence-corrected chi connectivity index (χ4v) is 0.851. The van der Waals surface area contributed by atoms with Crippen molar-refractivity contribution >= 4 is 0 Å². The Bertz CT molecular complexity index is 164. The summed E-state index contributed by atoms with van der Waals surface area (Å²) in [6.07, 6.45) is 3.91. The minimum atomic E-state index is 0.583. The third-order valence-electron chi connectivity index (χ3n) is 1.50. The maximum absolute atomic E-state index is 4.05. The molecule has 7 heavy (non-hydrogen) atoms. The van der Waals surface area contributed by atoms with Crippen LogP contribution in [0.25, 0.3) is 0 Å². The van der Waals surface area contributed by atoms with Crippen molar-refractivity contribution in [2.45, 2.75) is 13.0 Å². The van der Waals surface area contributed by atoms with Crippen molar-refractivity contribution in [3.05, 3.63) is 18.2 Å². The van der Waals surface area contributed by atoms with Gasteiger partial charge in [0.1, 0.15) is 0 Å². The molecule has 2 heteroatoms. The summed E-state index contributed by atoms with van der Waals surface area (Å²) >= 11 is 0. The van der Waals surface area contributed by atoms with Crippen LogP contribution in [-0.2, 0) is 0 Å². The van der Waals surface area contributed by atoms with E-state index in [0.717, 1.165) is 0 Å². The van der Waals surface area contributed by atoms with Crippen LogP contribution in [0.3, 0.4) is 0 Å². The fourth-order valence-electron chi connectivity index (χ4n) is 0.851. The van der Waals surface area contributed by atoms with Crippen molar-refractivity contribution in [3.63, 3.8) is 0 Å². The van der Waals surface area contributed by atoms with Gasteiger partial charge in [-0.1, -0.05) is 0 Å². The van der Waals surface area contributed by atoms with E-state index in [2.05, 4.69) is 16.5 Å². The van der Waals surface area contributed by atoms with Crippen molar-refractivity contribution in [2.24, 2.45) is 0 Å². The van der Waals surface area contributed by atoms with Gasteiger partial charge in [-0.25, -0.2) is 4.98 Å². The van der Waals surface area contributed by atoms with E-state index in [0.29, 0.717) is 6.04 Å². The lowest BCUT2D eigenvalue weighted by Crippen LogP contribution is -2.09. The zero-order valence-electron chi connectivity index (χ0n) is 4.13. The number of nitrogens with zero attached hydrogens (tertiary/aromatic N) is 2. The lowest BCUT2D eigenvalue weighted by atomic mass is 10.2. The van der Waals surface area contributed by atoms with E-state index >= 15 is 0 Å². The van der Waals surface area contributed by atoms with Gasteiger partial charge in [0.25, 0.3) is 0 Å². The highest BCUT2D eigenvalue weighted by atomic mass is 15.1. The van der Waals surface area contributed by atoms with Crippen LogP contribution in [0, 0.1) is 0 Å². The van der Waals surface area contributed by atoms with Crippen LogP contribution in [-0.4, -0.2) is 9.55 Å². The second kappa shape index (κ2) is 0.735. The highest BCUT2D eigenvalue weighted by Crippen LogP contribution is 2.24. The summed E-state index contributed by atoms with van der Waals surface area (Å²) in [4.78, 5) is 4.05. The first-order valence-electron chi connectivity index (χ1n) is 2.41. The minimum absolute atomic E-state index is 0.583. The predicted octanol–water partition coefficient (Wildman–Crippen LogP) is 0.806. The van der Waals surface area contributed by atoms with Crippen molar-refractivity contribution < 1.29 is 0 Å². The Morgan fingerprint density at radius 3 is 2.86 bits per heavy atom. The first kappa shape index (κ1) is 3.24. The molecule has 3 heterocycles. The third kappa shape index (κ3) is 0.204. The second-order valence-electron chi connectivity index (χ2n) is 1.92. The summed E-state index contributed by atoms with van der Waals surface area (Å²) in [6, 6.07) is 0.583. The summed E-state index contributed by atoms with van der Waals surface area (Å²) in [5, 5.41) is 0. The Kier molecular flexibility index (Phi) is 0.340. The molecule has 0 amide bonds. The number of imidazole rings is 1. The molecule has 0 saturated heterocycles. The highest BCUT2D eigenvalue weighted by Gasteiger charge is 2.19. The quantitative estimate of drug-likeness (QED) is 0.465. The number of hydrogen-bond acceptors (Lipinski definition) is 1. The Morgan fingerprint density at radius 2 is 2.71 bits per heavy atom. The lowest BCUT2D eigenvalue weighted by molar-refractivity contribution is 0.593. The molecule has 1 aromatic heterocycles. The van der Waals surface area contributed by atoms with Gasteiger partial charge in [0.05, 0.1) is 18.1 Å². The summed E-state index contributed by atoms with van der Waals surface area (Å²) in [7, 11) is 0. The minimum Gasteiger partial charge on any atom is -0.328 e. The SMILES string of the molecule is CC1c2cn1cn2. The Labute approximate surface area is 41.8 Å². The molecule has 0 aromatic carbocycles. The molecule has 1 aromatic rings. The standard InChI is InChI=1S/C5H6N2/c1-4-5-2-7(4)3-6-5/h2-4H,1H3. The zero-order chi connectivity index (χ0) is 4.85. The van der Waals surface area contributed by atoms with Gasteiger partial charge in [-0.15, -0.1) is 0 Å². The van der Waals surface area contributed by atoms with E-state index in [1.807, 2.05) is 12.5 Å². The van der Waals surface area contributed by atoms with Gasteiger partial charge < -0.3 is 4.57 Å². The molecular formula is C5H6N2. The molecule has 0 fully saturated rings. The van der Waals surface area contributed by atoms with Gasteiger partial charge in [-0.3, -0.25) is 0 Å². The number of hydrogen-bond donors (Lipinski definition) is 0. The largest absolute Gasteiger partial charge is 0.328 e. The zero-order valence-corrected chi connectivity index (χ0v) is 4.13. The van der Waals surface area contributed by atoms with E-state index in [1.165, 1.54) is 5.69 Å². The molecule has 0 spiro atoms. The number of fused-ring (bicyclic) bond motifs is 1. The van der Waals surface area contributed by atoms with E-state index in [4.69, 9.17) is 0 Å². The van der Waals surface area contributed by atoms with Crippen molar-refractivity contribution in [2.75, 3.05) is 0 Å². The van der Waals surface area contributed by atoms with E-state index in [1.54, 1.807) is 0 Å². The van der Waals surface area contributed by atoms with E-state index < -0.39 is 0 Å². The fraction of sp³-hybridized carbons (Fsp3) is 0.400. The average Bonchev–Trinajstić information content (AvgIpc) is 2.18. The van der Waals surface area contributed by atoms with Crippen molar-refractivity contribution in [3.8, 4) is 0 Å². The first-order chi connectivity index (χ1) is 3.38. The normalized spacial score (nSPS) is 24.4. The van der Waals surface area contributed by atoms with Gasteiger partial charge in [0, 0.05) is 6.20 Å². The van der Waals surface area contributed by atoms with E-state index in [-0.39, 0.29) is 0 Å². The highest BCUT2D eigenvalue weighted by molar-refractivity contribution is 5.14. The van der Waals surface area contributed by atoms with Crippen molar-refractivity contribution in [1.29, 1.82) is 0 Å².